The van der Waals surface area contributed by atoms with Crippen LogP contribution in [-0.2, 0) is 6.61 Å². The molecule has 0 unspecified atom stereocenters. The maximum atomic E-state index is 9.15. The van der Waals surface area contributed by atoms with Gasteiger partial charge in [-0.1, -0.05) is 18.2 Å². The van der Waals surface area contributed by atoms with Crippen LogP contribution in [0.25, 0.3) is 17.0 Å². The molecule has 0 aliphatic heterocycles. The van der Waals surface area contributed by atoms with E-state index in [1.165, 1.54) is 0 Å². The van der Waals surface area contributed by atoms with Gasteiger partial charge in [-0.15, -0.1) is 5.10 Å². The topological polar surface area (TPSA) is 89.3 Å². The van der Waals surface area contributed by atoms with E-state index in [1.54, 1.807) is 16.8 Å². The fourth-order valence-corrected chi connectivity index (χ4v) is 1.84. The summed E-state index contributed by atoms with van der Waals surface area (Å²) in [5.74, 6) is 0.856. The normalized spacial score (nSPS) is 10.9. The molecule has 0 aliphatic carbocycles. The Balaban J connectivity index is 2.24. The van der Waals surface area contributed by atoms with E-state index < -0.39 is 0 Å². The molecule has 0 bridgehead atoms. The number of benzene rings is 1. The number of anilines is 1. The van der Waals surface area contributed by atoms with E-state index in [9.17, 15) is 0 Å². The molecule has 0 saturated heterocycles. The lowest BCUT2D eigenvalue weighted by atomic mass is 10.1. The predicted octanol–water partition coefficient (Wildman–Crippen LogP) is 0.866. The second kappa shape index (κ2) is 4.08. The summed E-state index contributed by atoms with van der Waals surface area (Å²) in [7, 11) is 0. The van der Waals surface area contributed by atoms with E-state index in [0.29, 0.717) is 11.5 Å². The second-order valence-corrected chi connectivity index (χ2v) is 3.87. The van der Waals surface area contributed by atoms with Gasteiger partial charge in [-0.25, -0.2) is 4.98 Å². The summed E-state index contributed by atoms with van der Waals surface area (Å²) in [6.07, 6.45) is 1.66. The highest BCUT2D eigenvalue weighted by molar-refractivity contribution is 5.60. The van der Waals surface area contributed by atoms with E-state index in [4.69, 9.17) is 10.8 Å². The molecule has 3 aromatic rings. The van der Waals surface area contributed by atoms with Crippen molar-refractivity contribution in [2.75, 3.05) is 5.73 Å². The summed E-state index contributed by atoms with van der Waals surface area (Å²) >= 11 is 0. The average molecular weight is 241 g/mol. The van der Waals surface area contributed by atoms with Crippen molar-refractivity contribution in [3.8, 4) is 11.4 Å². The minimum absolute atomic E-state index is 0.0106. The number of nitrogen functional groups attached to an aromatic ring is 1. The van der Waals surface area contributed by atoms with Gasteiger partial charge in [0.25, 0.3) is 0 Å². The molecule has 0 fully saturated rings. The minimum Gasteiger partial charge on any atom is -0.392 e. The fraction of sp³-hybridized carbons (Fsp3) is 0.0833. The van der Waals surface area contributed by atoms with E-state index in [2.05, 4.69) is 15.1 Å². The van der Waals surface area contributed by atoms with Crippen LogP contribution >= 0.6 is 0 Å². The Kier molecular flexibility index (Phi) is 2.42. The van der Waals surface area contributed by atoms with E-state index >= 15 is 0 Å². The standard InChI is InChI=1S/C12H11N5O/c13-12-15-10-4-5-14-11(17(10)16-12)9-3-1-2-8(6-9)7-18/h1-6,18H,7H2,(H2,13,16). The highest BCUT2D eigenvalue weighted by Gasteiger charge is 2.08. The van der Waals surface area contributed by atoms with Crippen LogP contribution in [0, 0.1) is 0 Å². The van der Waals surface area contributed by atoms with Crippen LogP contribution < -0.4 is 5.73 Å². The monoisotopic (exact) mass is 241 g/mol. The molecule has 0 atom stereocenters. The smallest absolute Gasteiger partial charge is 0.240 e. The van der Waals surface area contributed by atoms with Gasteiger partial charge in [-0.05, 0) is 11.6 Å². The Hall–Kier alpha value is -2.47. The summed E-state index contributed by atoms with van der Waals surface area (Å²) in [5.41, 5.74) is 7.91. The number of nitrogens with two attached hydrogens (primary N) is 1. The summed E-state index contributed by atoms with van der Waals surface area (Å²) in [6, 6.07) is 9.21. The zero-order valence-electron chi connectivity index (χ0n) is 9.48. The summed E-state index contributed by atoms with van der Waals surface area (Å²) < 4.78 is 1.59. The van der Waals surface area contributed by atoms with Crippen molar-refractivity contribution < 1.29 is 5.11 Å². The Morgan fingerprint density at radius 2 is 2.17 bits per heavy atom. The van der Waals surface area contributed by atoms with Crippen molar-refractivity contribution in [3.05, 3.63) is 42.1 Å². The maximum absolute atomic E-state index is 9.15. The Labute approximate surface area is 103 Å². The average Bonchev–Trinajstić information content (AvgIpc) is 2.78. The number of fused-ring (bicyclic) bond motifs is 1. The zero-order valence-corrected chi connectivity index (χ0v) is 9.48. The van der Waals surface area contributed by atoms with Crippen molar-refractivity contribution in [2.45, 2.75) is 6.61 Å². The van der Waals surface area contributed by atoms with Crippen molar-refractivity contribution in [1.82, 2.24) is 19.6 Å². The molecule has 3 N–H and O–H groups in total. The molecule has 3 rings (SSSR count). The first-order chi connectivity index (χ1) is 8.78. The molecule has 0 saturated carbocycles. The first kappa shape index (κ1) is 10.7. The number of aliphatic hydroxyl groups excluding tert-OH is 1. The summed E-state index contributed by atoms with van der Waals surface area (Å²) in [4.78, 5) is 8.37. The SMILES string of the molecule is Nc1nc2ccnc(-c3cccc(CO)c3)n2n1. The van der Waals surface area contributed by atoms with Crippen molar-refractivity contribution in [2.24, 2.45) is 0 Å². The largest absolute Gasteiger partial charge is 0.392 e. The number of aromatic nitrogens is 4. The van der Waals surface area contributed by atoms with Gasteiger partial charge >= 0.3 is 0 Å². The van der Waals surface area contributed by atoms with Gasteiger partial charge in [-0.2, -0.15) is 9.50 Å². The molecule has 2 aromatic heterocycles. The highest BCUT2D eigenvalue weighted by Crippen LogP contribution is 2.19. The van der Waals surface area contributed by atoms with Gasteiger partial charge in [0.1, 0.15) is 0 Å². The van der Waals surface area contributed by atoms with Gasteiger partial charge in [-0.3, -0.25) is 0 Å². The third kappa shape index (κ3) is 1.68. The predicted molar refractivity (Wildman–Crippen MR) is 66.6 cm³/mol. The van der Waals surface area contributed by atoms with E-state index in [-0.39, 0.29) is 12.6 Å². The van der Waals surface area contributed by atoms with Crippen LogP contribution in [0.3, 0.4) is 0 Å². The summed E-state index contributed by atoms with van der Waals surface area (Å²) in [5, 5.41) is 13.3. The molecule has 0 spiro atoms. The van der Waals surface area contributed by atoms with Crippen LogP contribution in [0.1, 0.15) is 5.56 Å². The number of aliphatic hydroxyl groups is 1. The lowest BCUT2D eigenvalue weighted by molar-refractivity contribution is 0.282. The highest BCUT2D eigenvalue weighted by atomic mass is 16.3. The zero-order chi connectivity index (χ0) is 12.5. The molecule has 0 amide bonds. The Morgan fingerprint density at radius 3 is 3.00 bits per heavy atom. The lowest BCUT2D eigenvalue weighted by Gasteiger charge is -2.04. The van der Waals surface area contributed by atoms with Crippen LogP contribution in [0.4, 0.5) is 5.95 Å². The number of rotatable bonds is 2. The van der Waals surface area contributed by atoms with E-state index in [0.717, 1.165) is 11.1 Å². The molecular weight excluding hydrogens is 230 g/mol. The summed E-state index contributed by atoms with van der Waals surface area (Å²) in [6.45, 7) is -0.0106. The molecule has 2 heterocycles. The number of hydrogen-bond acceptors (Lipinski definition) is 5. The molecule has 0 radical (unpaired) electrons. The third-order valence-corrected chi connectivity index (χ3v) is 2.64. The molecule has 90 valence electrons. The first-order valence-electron chi connectivity index (χ1n) is 5.45. The molecule has 0 aliphatic rings. The molecule has 6 heteroatoms. The van der Waals surface area contributed by atoms with Gasteiger partial charge < -0.3 is 10.8 Å². The minimum atomic E-state index is -0.0106. The fourth-order valence-electron chi connectivity index (χ4n) is 1.84. The molecule has 18 heavy (non-hydrogen) atoms. The molecular formula is C12H11N5O. The lowest BCUT2D eigenvalue weighted by Crippen LogP contribution is -1.98. The molecule has 1 aromatic carbocycles. The number of nitrogens with zero attached hydrogens (tertiary/aromatic N) is 4. The first-order valence-corrected chi connectivity index (χ1v) is 5.45. The Bertz CT molecular complexity index is 707. The quantitative estimate of drug-likeness (QED) is 0.694. The van der Waals surface area contributed by atoms with Crippen LogP contribution in [0.15, 0.2) is 36.5 Å². The van der Waals surface area contributed by atoms with Crippen LogP contribution in [-0.4, -0.2) is 24.7 Å². The van der Waals surface area contributed by atoms with Crippen molar-refractivity contribution in [1.29, 1.82) is 0 Å². The van der Waals surface area contributed by atoms with Gasteiger partial charge in [0.05, 0.1) is 6.61 Å². The third-order valence-electron chi connectivity index (χ3n) is 2.64. The van der Waals surface area contributed by atoms with Crippen LogP contribution in [0.5, 0.6) is 0 Å². The van der Waals surface area contributed by atoms with Gasteiger partial charge in [0.15, 0.2) is 11.5 Å². The van der Waals surface area contributed by atoms with Crippen LogP contribution in [0.2, 0.25) is 0 Å². The maximum Gasteiger partial charge on any atom is 0.240 e. The Morgan fingerprint density at radius 1 is 1.28 bits per heavy atom. The number of hydrogen-bond donors (Lipinski definition) is 2. The second-order valence-electron chi connectivity index (χ2n) is 3.87. The van der Waals surface area contributed by atoms with Crippen molar-refractivity contribution >= 4 is 11.6 Å². The molecule has 6 nitrogen and oxygen atoms in total. The van der Waals surface area contributed by atoms with Gasteiger partial charge in [0, 0.05) is 17.8 Å². The van der Waals surface area contributed by atoms with Crippen molar-refractivity contribution in [3.63, 3.8) is 0 Å². The van der Waals surface area contributed by atoms with E-state index in [1.807, 2.05) is 24.3 Å². The van der Waals surface area contributed by atoms with Gasteiger partial charge in [0.2, 0.25) is 5.95 Å².